The smallest absolute Gasteiger partial charge is 0.109 e. The maximum Gasteiger partial charge on any atom is 0.109 e. The molecule has 0 saturated carbocycles. The Balaban J connectivity index is 1.47. The molecule has 2 N–H and O–H groups in total. The van der Waals surface area contributed by atoms with E-state index in [1.54, 1.807) is 6.20 Å². The van der Waals surface area contributed by atoms with E-state index in [-0.39, 0.29) is 0 Å². The molecular formula is C30H26N4. The molecule has 0 amide bonds. The SMILES string of the molecule is Cc1cc(C)cc(-c2ccc(C)cc2-c2ccc(N=Nc3ccc4ccccc4c3N)cn2)c1. The van der Waals surface area contributed by atoms with E-state index in [4.69, 9.17) is 10.7 Å². The highest BCUT2D eigenvalue weighted by Crippen LogP contribution is 2.35. The Morgan fingerprint density at radius 3 is 2.24 bits per heavy atom. The van der Waals surface area contributed by atoms with Gasteiger partial charge in [-0.1, -0.05) is 77.4 Å². The number of aromatic nitrogens is 1. The van der Waals surface area contributed by atoms with Gasteiger partial charge in [0.25, 0.3) is 0 Å². The van der Waals surface area contributed by atoms with Crippen LogP contribution in [0.1, 0.15) is 16.7 Å². The van der Waals surface area contributed by atoms with E-state index in [1.807, 2.05) is 48.5 Å². The fraction of sp³-hybridized carbons (Fsp3) is 0.100. The maximum absolute atomic E-state index is 6.32. The molecule has 1 heterocycles. The maximum atomic E-state index is 6.32. The van der Waals surface area contributed by atoms with Crippen molar-refractivity contribution in [3.8, 4) is 22.4 Å². The van der Waals surface area contributed by atoms with Gasteiger partial charge in [0, 0.05) is 10.9 Å². The summed E-state index contributed by atoms with van der Waals surface area (Å²) < 4.78 is 0. The molecule has 34 heavy (non-hydrogen) atoms. The second kappa shape index (κ2) is 8.91. The molecule has 0 saturated heterocycles. The van der Waals surface area contributed by atoms with Crippen LogP contribution >= 0.6 is 0 Å². The molecule has 4 nitrogen and oxygen atoms in total. The first-order chi connectivity index (χ1) is 16.5. The lowest BCUT2D eigenvalue weighted by Gasteiger charge is -2.12. The minimum Gasteiger partial charge on any atom is -0.396 e. The predicted octanol–water partition coefficient (Wildman–Crippen LogP) is 8.49. The van der Waals surface area contributed by atoms with Crippen LogP contribution < -0.4 is 5.73 Å². The van der Waals surface area contributed by atoms with Crippen molar-refractivity contribution in [2.24, 2.45) is 10.2 Å². The van der Waals surface area contributed by atoms with Gasteiger partial charge in [0.1, 0.15) is 11.4 Å². The summed E-state index contributed by atoms with van der Waals surface area (Å²) in [6.45, 7) is 6.36. The zero-order chi connectivity index (χ0) is 23.7. The zero-order valence-electron chi connectivity index (χ0n) is 19.6. The van der Waals surface area contributed by atoms with E-state index >= 15 is 0 Å². The first kappa shape index (κ1) is 21.5. The van der Waals surface area contributed by atoms with Gasteiger partial charge >= 0.3 is 0 Å². The van der Waals surface area contributed by atoms with Crippen molar-refractivity contribution in [3.05, 3.63) is 108 Å². The van der Waals surface area contributed by atoms with E-state index in [9.17, 15) is 0 Å². The van der Waals surface area contributed by atoms with Crippen molar-refractivity contribution >= 4 is 27.8 Å². The van der Waals surface area contributed by atoms with E-state index in [0.29, 0.717) is 17.1 Å². The Labute approximate surface area is 199 Å². The second-order valence-corrected chi connectivity index (χ2v) is 8.75. The molecule has 0 aliphatic carbocycles. The van der Waals surface area contributed by atoms with E-state index in [0.717, 1.165) is 22.0 Å². The zero-order valence-corrected chi connectivity index (χ0v) is 19.6. The van der Waals surface area contributed by atoms with Gasteiger partial charge in [-0.25, -0.2) is 0 Å². The summed E-state index contributed by atoms with van der Waals surface area (Å²) in [5, 5.41) is 10.8. The highest BCUT2D eigenvalue weighted by Gasteiger charge is 2.10. The molecular weight excluding hydrogens is 416 g/mol. The lowest BCUT2D eigenvalue weighted by Crippen LogP contribution is -1.90. The molecule has 4 heteroatoms. The van der Waals surface area contributed by atoms with Crippen LogP contribution in [0.3, 0.4) is 0 Å². The number of nitrogens with two attached hydrogens (primary N) is 1. The predicted molar refractivity (Wildman–Crippen MR) is 142 cm³/mol. The minimum atomic E-state index is 0.629. The second-order valence-electron chi connectivity index (χ2n) is 8.75. The number of benzene rings is 4. The van der Waals surface area contributed by atoms with E-state index in [2.05, 4.69) is 67.4 Å². The van der Waals surface area contributed by atoms with Crippen molar-refractivity contribution < 1.29 is 0 Å². The molecule has 0 unspecified atom stereocenters. The number of nitrogens with zero attached hydrogens (tertiary/aromatic N) is 3. The fourth-order valence-corrected chi connectivity index (χ4v) is 4.34. The average molecular weight is 443 g/mol. The third-order valence-corrected chi connectivity index (χ3v) is 5.95. The van der Waals surface area contributed by atoms with Gasteiger partial charge in [-0.2, -0.15) is 0 Å². The number of hydrogen-bond acceptors (Lipinski definition) is 4. The molecule has 4 aromatic carbocycles. The van der Waals surface area contributed by atoms with Gasteiger partial charge in [0.05, 0.1) is 17.6 Å². The lowest BCUT2D eigenvalue weighted by atomic mass is 9.93. The summed E-state index contributed by atoms with van der Waals surface area (Å²) in [5.74, 6) is 0. The van der Waals surface area contributed by atoms with Crippen LogP contribution in [0.4, 0.5) is 17.1 Å². The first-order valence-electron chi connectivity index (χ1n) is 11.3. The van der Waals surface area contributed by atoms with Crippen molar-refractivity contribution in [2.75, 3.05) is 5.73 Å². The fourth-order valence-electron chi connectivity index (χ4n) is 4.34. The largest absolute Gasteiger partial charge is 0.396 e. The Morgan fingerprint density at radius 2 is 1.47 bits per heavy atom. The summed E-state index contributed by atoms with van der Waals surface area (Å²) in [4.78, 5) is 4.72. The highest BCUT2D eigenvalue weighted by molar-refractivity contribution is 5.98. The number of rotatable bonds is 4. The standard InChI is InChI=1S/C30H26N4/c1-19-8-11-25(23-15-20(2)14-21(3)16-23)27(17-19)28-13-10-24(18-32-28)33-34-29-12-9-22-6-4-5-7-26(22)30(29)31/h4-18H,31H2,1-3H3. The van der Waals surface area contributed by atoms with E-state index in [1.165, 1.54) is 27.8 Å². The van der Waals surface area contributed by atoms with E-state index < -0.39 is 0 Å². The number of fused-ring (bicyclic) bond motifs is 1. The Kier molecular flexibility index (Phi) is 5.64. The first-order valence-corrected chi connectivity index (χ1v) is 11.3. The summed E-state index contributed by atoms with van der Waals surface area (Å²) in [6, 6.07) is 29.0. The number of nitrogen functional groups attached to an aromatic ring is 1. The summed E-state index contributed by atoms with van der Waals surface area (Å²) in [6.07, 6.45) is 1.75. The summed E-state index contributed by atoms with van der Waals surface area (Å²) >= 11 is 0. The third kappa shape index (κ3) is 4.30. The van der Waals surface area contributed by atoms with Gasteiger partial charge in [-0.15, -0.1) is 10.2 Å². The molecule has 0 atom stereocenters. The summed E-state index contributed by atoms with van der Waals surface area (Å²) in [7, 11) is 0. The van der Waals surface area contributed by atoms with Crippen molar-refractivity contribution in [1.29, 1.82) is 0 Å². The molecule has 5 rings (SSSR count). The van der Waals surface area contributed by atoms with Crippen LogP contribution in [-0.2, 0) is 0 Å². The molecule has 0 spiro atoms. The van der Waals surface area contributed by atoms with Crippen molar-refractivity contribution in [1.82, 2.24) is 4.98 Å². The molecule has 0 radical (unpaired) electrons. The molecule has 166 valence electrons. The van der Waals surface area contributed by atoms with Gasteiger partial charge in [0.2, 0.25) is 0 Å². The minimum absolute atomic E-state index is 0.629. The number of pyridine rings is 1. The number of azo groups is 1. The third-order valence-electron chi connectivity index (χ3n) is 5.95. The van der Waals surface area contributed by atoms with Crippen molar-refractivity contribution in [3.63, 3.8) is 0 Å². The molecule has 0 bridgehead atoms. The van der Waals surface area contributed by atoms with Crippen LogP contribution in [0.5, 0.6) is 0 Å². The van der Waals surface area contributed by atoms with Crippen LogP contribution in [0, 0.1) is 20.8 Å². The quantitative estimate of drug-likeness (QED) is 0.224. The van der Waals surface area contributed by atoms with Gasteiger partial charge < -0.3 is 5.73 Å². The van der Waals surface area contributed by atoms with Crippen LogP contribution in [0.2, 0.25) is 0 Å². The van der Waals surface area contributed by atoms with Crippen molar-refractivity contribution in [2.45, 2.75) is 20.8 Å². The Bertz CT molecular complexity index is 1510. The lowest BCUT2D eigenvalue weighted by molar-refractivity contribution is 1.20. The Hall–Kier alpha value is -4.31. The topological polar surface area (TPSA) is 63.6 Å². The van der Waals surface area contributed by atoms with Crippen LogP contribution in [0.25, 0.3) is 33.2 Å². The normalized spacial score (nSPS) is 11.4. The number of anilines is 1. The highest BCUT2D eigenvalue weighted by atomic mass is 15.1. The van der Waals surface area contributed by atoms with Gasteiger partial charge in [-0.3, -0.25) is 4.98 Å². The van der Waals surface area contributed by atoms with Gasteiger partial charge in [0.15, 0.2) is 0 Å². The van der Waals surface area contributed by atoms with Crippen LogP contribution in [0.15, 0.2) is 101 Å². The monoisotopic (exact) mass is 442 g/mol. The van der Waals surface area contributed by atoms with Crippen LogP contribution in [-0.4, -0.2) is 4.98 Å². The molecule has 0 aliphatic rings. The summed E-state index contributed by atoms with van der Waals surface area (Å²) in [5.41, 5.74) is 16.3. The molecule has 1 aromatic heterocycles. The molecule has 5 aromatic rings. The average Bonchev–Trinajstić information content (AvgIpc) is 2.83. The number of aryl methyl sites for hydroxylation is 3. The van der Waals surface area contributed by atoms with Gasteiger partial charge in [-0.05, 0) is 61.5 Å². The molecule has 0 fully saturated rings. The Morgan fingerprint density at radius 1 is 0.676 bits per heavy atom. The number of hydrogen-bond donors (Lipinski definition) is 1. The molecule has 0 aliphatic heterocycles.